The number of methoxy groups -OCH3 is 1. The highest BCUT2D eigenvalue weighted by Gasteiger charge is 2.25. The number of thiazole rings is 1. The lowest BCUT2D eigenvalue weighted by atomic mass is 9.93. The summed E-state index contributed by atoms with van der Waals surface area (Å²) in [6, 6.07) is 6.29. The second-order valence-corrected chi connectivity index (χ2v) is 6.53. The first kappa shape index (κ1) is 13.2. The van der Waals surface area contributed by atoms with Gasteiger partial charge in [-0.1, -0.05) is 0 Å². The largest absolute Gasteiger partial charge is 0.497 e. The maximum absolute atomic E-state index is 5.83. The summed E-state index contributed by atoms with van der Waals surface area (Å²) in [5, 5.41) is 4.48. The highest BCUT2D eigenvalue weighted by atomic mass is 32.1. The zero-order valence-corrected chi connectivity index (χ0v) is 12.8. The minimum absolute atomic E-state index is 0.107. The molecule has 1 aromatic heterocycles. The van der Waals surface area contributed by atoms with Gasteiger partial charge in [0.2, 0.25) is 0 Å². The maximum Gasteiger partial charge on any atom is 0.124 e. The average Bonchev–Trinajstić information content (AvgIpc) is 2.99. The topological polar surface area (TPSA) is 43.4 Å². The fourth-order valence-corrected chi connectivity index (χ4v) is 4.12. The molecule has 21 heavy (non-hydrogen) atoms. The molecule has 0 saturated carbocycles. The van der Waals surface area contributed by atoms with Crippen molar-refractivity contribution in [3.05, 3.63) is 33.6 Å². The van der Waals surface area contributed by atoms with Crippen LogP contribution in [0.5, 0.6) is 5.75 Å². The third-order valence-electron chi connectivity index (χ3n) is 4.11. The minimum atomic E-state index is 0.107. The van der Waals surface area contributed by atoms with Crippen LogP contribution >= 0.6 is 11.3 Å². The molecule has 110 valence electrons. The molecule has 4 rings (SSSR count). The Bertz CT molecular complexity index is 662. The van der Waals surface area contributed by atoms with Crippen LogP contribution in [0.15, 0.2) is 18.2 Å². The number of nitrogens with zero attached hydrogens (tertiary/aromatic N) is 1. The molecule has 1 aliphatic heterocycles. The molecule has 4 nitrogen and oxygen atoms in total. The molecule has 0 amide bonds. The molecule has 1 aromatic carbocycles. The average molecular weight is 302 g/mol. The number of fused-ring (bicyclic) bond motifs is 3. The molecular weight excluding hydrogens is 284 g/mol. The van der Waals surface area contributed by atoms with E-state index in [1.165, 1.54) is 16.0 Å². The second-order valence-electron chi connectivity index (χ2n) is 5.41. The van der Waals surface area contributed by atoms with E-state index in [0.717, 1.165) is 49.0 Å². The Morgan fingerprint density at radius 2 is 2.33 bits per heavy atom. The van der Waals surface area contributed by atoms with E-state index in [-0.39, 0.29) is 6.10 Å². The van der Waals surface area contributed by atoms with Gasteiger partial charge < -0.3 is 14.8 Å². The summed E-state index contributed by atoms with van der Waals surface area (Å²) in [6.45, 7) is 2.56. The molecule has 1 unspecified atom stereocenters. The van der Waals surface area contributed by atoms with Gasteiger partial charge in [-0.05, 0) is 36.6 Å². The van der Waals surface area contributed by atoms with Crippen molar-refractivity contribution in [3.63, 3.8) is 0 Å². The third-order valence-corrected chi connectivity index (χ3v) is 5.31. The van der Waals surface area contributed by atoms with E-state index in [0.29, 0.717) is 0 Å². The number of nitrogens with one attached hydrogen (secondary N) is 1. The van der Waals surface area contributed by atoms with Crippen molar-refractivity contribution < 1.29 is 9.47 Å². The van der Waals surface area contributed by atoms with Crippen LogP contribution in [0.1, 0.15) is 21.6 Å². The Kier molecular flexibility index (Phi) is 3.41. The fourth-order valence-electron chi connectivity index (χ4n) is 2.99. The van der Waals surface area contributed by atoms with Crippen molar-refractivity contribution in [2.75, 3.05) is 26.8 Å². The molecule has 1 saturated heterocycles. The lowest BCUT2D eigenvalue weighted by Gasteiger charge is -2.21. The number of rotatable bonds is 2. The Balaban J connectivity index is 1.71. The number of morpholine rings is 1. The monoisotopic (exact) mass is 302 g/mol. The Morgan fingerprint density at radius 1 is 1.38 bits per heavy atom. The van der Waals surface area contributed by atoms with E-state index in [2.05, 4.69) is 17.4 Å². The van der Waals surface area contributed by atoms with Crippen molar-refractivity contribution in [3.8, 4) is 17.0 Å². The summed E-state index contributed by atoms with van der Waals surface area (Å²) in [7, 11) is 1.71. The van der Waals surface area contributed by atoms with E-state index in [1.807, 2.05) is 17.4 Å². The smallest absolute Gasteiger partial charge is 0.124 e. The van der Waals surface area contributed by atoms with Gasteiger partial charge in [-0.15, -0.1) is 11.3 Å². The number of aromatic nitrogens is 1. The molecule has 1 aliphatic carbocycles. The van der Waals surface area contributed by atoms with Crippen molar-refractivity contribution in [2.24, 2.45) is 0 Å². The molecule has 0 bridgehead atoms. The molecule has 2 aromatic rings. The molecule has 2 aliphatic rings. The quantitative estimate of drug-likeness (QED) is 0.926. The fraction of sp³-hybridized carbons (Fsp3) is 0.438. The van der Waals surface area contributed by atoms with E-state index in [9.17, 15) is 0 Å². The minimum Gasteiger partial charge on any atom is -0.497 e. The Labute approximate surface area is 128 Å². The summed E-state index contributed by atoms with van der Waals surface area (Å²) in [5.74, 6) is 0.924. The number of hydrogen-bond donors (Lipinski definition) is 1. The van der Waals surface area contributed by atoms with Gasteiger partial charge in [-0.3, -0.25) is 0 Å². The molecular formula is C16H18N2O2S. The lowest BCUT2D eigenvalue weighted by molar-refractivity contribution is 0.0276. The van der Waals surface area contributed by atoms with E-state index in [4.69, 9.17) is 14.5 Å². The molecule has 2 heterocycles. The van der Waals surface area contributed by atoms with Gasteiger partial charge >= 0.3 is 0 Å². The van der Waals surface area contributed by atoms with Crippen LogP contribution in [0.3, 0.4) is 0 Å². The normalized spacial score (nSPS) is 20.7. The number of benzene rings is 1. The van der Waals surface area contributed by atoms with Gasteiger partial charge in [0.15, 0.2) is 0 Å². The summed E-state index contributed by atoms with van der Waals surface area (Å²) in [5.41, 5.74) is 3.73. The van der Waals surface area contributed by atoms with E-state index in [1.54, 1.807) is 7.11 Å². The highest BCUT2D eigenvalue weighted by Crippen LogP contribution is 2.39. The molecule has 1 N–H and O–H groups in total. The predicted molar refractivity (Wildman–Crippen MR) is 83.1 cm³/mol. The van der Waals surface area contributed by atoms with Crippen LogP contribution in [0, 0.1) is 0 Å². The summed E-state index contributed by atoms with van der Waals surface area (Å²) in [6.07, 6.45) is 2.23. The van der Waals surface area contributed by atoms with Gasteiger partial charge in [0, 0.05) is 23.5 Å². The van der Waals surface area contributed by atoms with E-state index >= 15 is 0 Å². The maximum atomic E-state index is 5.83. The molecule has 1 fully saturated rings. The van der Waals surface area contributed by atoms with Crippen molar-refractivity contribution in [1.29, 1.82) is 0 Å². The van der Waals surface area contributed by atoms with Crippen molar-refractivity contribution in [2.45, 2.75) is 18.9 Å². The number of aryl methyl sites for hydroxylation is 2. The van der Waals surface area contributed by atoms with Crippen LogP contribution in [0.2, 0.25) is 0 Å². The molecule has 5 heteroatoms. The number of hydrogen-bond acceptors (Lipinski definition) is 5. The Hall–Kier alpha value is -1.43. The molecule has 1 atom stereocenters. The van der Waals surface area contributed by atoms with Gasteiger partial charge in [-0.2, -0.15) is 0 Å². The highest BCUT2D eigenvalue weighted by molar-refractivity contribution is 7.12. The second kappa shape index (κ2) is 5.40. The summed E-state index contributed by atoms with van der Waals surface area (Å²) in [4.78, 5) is 6.27. The summed E-state index contributed by atoms with van der Waals surface area (Å²) >= 11 is 1.81. The third kappa shape index (κ3) is 2.35. The van der Waals surface area contributed by atoms with E-state index < -0.39 is 0 Å². The first-order valence-corrected chi connectivity index (χ1v) is 8.16. The number of ether oxygens (including phenoxy) is 2. The van der Waals surface area contributed by atoms with Gasteiger partial charge in [0.25, 0.3) is 0 Å². The van der Waals surface area contributed by atoms with Crippen LogP contribution in [0.4, 0.5) is 0 Å². The Morgan fingerprint density at radius 3 is 3.14 bits per heavy atom. The lowest BCUT2D eigenvalue weighted by Crippen LogP contribution is -2.33. The SMILES string of the molecule is COc1ccc2c(c1)CCc1sc(C3CNCCO3)nc1-2. The zero-order chi connectivity index (χ0) is 14.2. The van der Waals surface area contributed by atoms with Crippen LogP contribution in [-0.2, 0) is 17.6 Å². The molecule has 0 spiro atoms. The standard InChI is InChI=1S/C16H18N2O2S/c1-19-11-3-4-12-10(8-11)2-5-14-15(12)18-16(21-14)13-9-17-6-7-20-13/h3-4,8,13,17H,2,5-7,9H2,1H3. The zero-order valence-electron chi connectivity index (χ0n) is 12.0. The van der Waals surface area contributed by atoms with Crippen LogP contribution in [-0.4, -0.2) is 31.8 Å². The first-order chi connectivity index (χ1) is 10.3. The van der Waals surface area contributed by atoms with Gasteiger partial charge in [0.05, 0.1) is 19.4 Å². The van der Waals surface area contributed by atoms with Gasteiger partial charge in [-0.25, -0.2) is 4.98 Å². The summed E-state index contributed by atoms with van der Waals surface area (Å²) < 4.78 is 11.2. The first-order valence-electron chi connectivity index (χ1n) is 7.34. The molecule has 0 radical (unpaired) electrons. The van der Waals surface area contributed by atoms with Crippen LogP contribution in [0.25, 0.3) is 11.3 Å². The van der Waals surface area contributed by atoms with Crippen molar-refractivity contribution in [1.82, 2.24) is 10.3 Å². The van der Waals surface area contributed by atoms with Crippen molar-refractivity contribution >= 4 is 11.3 Å². The predicted octanol–water partition coefficient (Wildman–Crippen LogP) is 2.58. The van der Waals surface area contributed by atoms with Crippen LogP contribution < -0.4 is 10.1 Å². The van der Waals surface area contributed by atoms with Gasteiger partial charge in [0.1, 0.15) is 16.9 Å².